The summed E-state index contributed by atoms with van der Waals surface area (Å²) in [6, 6.07) is 16.6. The van der Waals surface area contributed by atoms with Gasteiger partial charge in [0.25, 0.3) is 0 Å². The first-order valence-corrected chi connectivity index (χ1v) is 7.55. The summed E-state index contributed by atoms with van der Waals surface area (Å²) in [6.45, 7) is 0.454. The molecule has 2 aromatic carbocycles. The van der Waals surface area contributed by atoms with Crippen molar-refractivity contribution in [2.75, 3.05) is 0 Å². The lowest BCUT2D eigenvalue weighted by Gasteiger charge is -2.10. The molecule has 7 heteroatoms. The molecule has 0 spiro atoms. The van der Waals surface area contributed by atoms with Crippen LogP contribution in [0.2, 0.25) is 0 Å². The molecule has 4 rings (SSSR count). The summed E-state index contributed by atoms with van der Waals surface area (Å²) in [5, 5.41) is 0.518. The lowest BCUT2D eigenvalue weighted by atomic mass is 10.2. The Morgan fingerprint density at radius 3 is 2.58 bits per heavy atom. The first-order valence-electron chi connectivity index (χ1n) is 7.55. The van der Waals surface area contributed by atoms with E-state index in [4.69, 9.17) is 9.15 Å². The van der Waals surface area contributed by atoms with Crippen LogP contribution in [0.25, 0.3) is 11.0 Å². The van der Waals surface area contributed by atoms with Gasteiger partial charge in [-0.3, -0.25) is 4.79 Å². The minimum absolute atomic E-state index is 0.101. The first-order chi connectivity index (χ1) is 11.8. The van der Waals surface area contributed by atoms with E-state index in [1.54, 1.807) is 18.2 Å². The molecule has 2 heterocycles. The largest absolute Gasteiger partial charge is 0.489 e. The van der Waals surface area contributed by atoms with Crippen molar-refractivity contribution in [3.05, 3.63) is 76.1 Å². The van der Waals surface area contributed by atoms with Crippen molar-refractivity contribution in [2.24, 2.45) is 0 Å². The molecule has 0 radical (unpaired) electrons. The van der Waals surface area contributed by atoms with Gasteiger partial charge in [0.1, 0.15) is 29.9 Å². The van der Waals surface area contributed by atoms with Crippen LogP contribution in [0, 0.1) is 0 Å². The number of benzene rings is 2. The molecular weight excluding hydrogens is 308 g/mol. The summed E-state index contributed by atoms with van der Waals surface area (Å²) in [5.41, 5.74) is 12.6. The number of nitrogens with one attached hydrogen (secondary N) is 4. The van der Waals surface area contributed by atoms with E-state index in [1.165, 1.54) is 6.07 Å². The Bertz CT molecular complexity index is 905. The molecule has 0 bridgehead atoms. The van der Waals surface area contributed by atoms with Crippen molar-refractivity contribution in [3.63, 3.8) is 0 Å². The fourth-order valence-electron chi connectivity index (χ4n) is 2.52. The number of ether oxygens (including phenoxy) is 1. The number of fused-ring (bicyclic) bond motifs is 1. The molecule has 0 atom stereocenters. The fraction of sp³-hybridized carbons (Fsp3) is 0.118. The lowest BCUT2D eigenvalue weighted by molar-refractivity contribution is 0.306. The molecule has 1 saturated heterocycles. The van der Waals surface area contributed by atoms with E-state index >= 15 is 0 Å². The van der Waals surface area contributed by atoms with Crippen LogP contribution in [0.5, 0.6) is 5.75 Å². The number of hydrogen-bond donors (Lipinski definition) is 4. The maximum Gasteiger partial charge on any atom is 0.193 e. The van der Waals surface area contributed by atoms with Crippen molar-refractivity contribution >= 4 is 11.0 Å². The highest BCUT2D eigenvalue weighted by Gasteiger charge is 2.19. The predicted octanol–water partition coefficient (Wildman–Crippen LogP) is 1.49. The van der Waals surface area contributed by atoms with Crippen molar-refractivity contribution < 1.29 is 9.15 Å². The molecule has 122 valence electrons. The summed E-state index contributed by atoms with van der Waals surface area (Å²) in [5.74, 6) is 1.13. The molecule has 1 aromatic heterocycles. The van der Waals surface area contributed by atoms with Gasteiger partial charge in [-0.15, -0.1) is 0 Å². The highest BCUT2D eigenvalue weighted by molar-refractivity contribution is 5.78. The molecule has 1 aliphatic heterocycles. The molecule has 0 amide bonds. The van der Waals surface area contributed by atoms with Gasteiger partial charge in [-0.25, -0.2) is 10.9 Å². The van der Waals surface area contributed by atoms with E-state index in [9.17, 15) is 4.79 Å². The Morgan fingerprint density at radius 1 is 1.00 bits per heavy atom. The van der Waals surface area contributed by atoms with Crippen molar-refractivity contribution in [1.29, 1.82) is 0 Å². The Kier molecular flexibility index (Phi) is 3.97. The van der Waals surface area contributed by atoms with Crippen LogP contribution in [-0.2, 0) is 6.61 Å². The highest BCUT2D eigenvalue weighted by atomic mass is 16.5. The Hall–Kier alpha value is -2.71. The van der Waals surface area contributed by atoms with Crippen LogP contribution in [0.3, 0.4) is 0 Å². The monoisotopic (exact) mass is 324 g/mol. The molecular formula is C17H16N4O3. The molecule has 0 unspecified atom stereocenters. The number of rotatable bonds is 4. The molecule has 1 aliphatic rings. The maximum absolute atomic E-state index is 12.2. The van der Waals surface area contributed by atoms with Gasteiger partial charge in [0.15, 0.2) is 5.43 Å². The summed E-state index contributed by atoms with van der Waals surface area (Å²) in [7, 11) is 0. The Balaban J connectivity index is 1.62. The van der Waals surface area contributed by atoms with E-state index in [-0.39, 0.29) is 11.6 Å². The van der Waals surface area contributed by atoms with E-state index in [0.29, 0.717) is 29.1 Å². The number of hydrazine groups is 3. The van der Waals surface area contributed by atoms with Gasteiger partial charge in [0.05, 0.1) is 5.39 Å². The van der Waals surface area contributed by atoms with Crippen LogP contribution in [-0.4, -0.2) is 0 Å². The standard InChI is InChI=1S/C17H16N4O3/c22-14-9-16(17-18-20-21-19-17)24-15-8-12(6-7-13(14)15)23-10-11-4-2-1-3-5-11/h1-9,17-21H,10H2. The van der Waals surface area contributed by atoms with Crippen LogP contribution in [0.1, 0.15) is 17.5 Å². The second kappa shape index (κ2) is 6.42. The molecule has 7 nitrogen and oxygen atoms in total. The molecule has 0 aliphatic carbocycles. The van der Waals surface area contributed by atoms with Gasteiger partial charge < -0.3 is 9.15 Å². The maximum atomic E-state index is 12.2. The zero-order valence-corrected chi connectivity index (χ0v) is 12.7. The third-order valence-electron chi connectivity index (χ3n) is 3.75. The molecule has 0 saturated carbocycles. The third kappa shape index (κ3) is 3.01. The van der Waals surface area contributed by atoms with Crippen molar-refractivity contribution in [1.82, 2.24) is 21.9 Å². The summed E-state index contributed by atoms with van der Waals surface area (Å²) < 4.78 is 11.6. The van der Waals surface area contributed by atoms with E-state index in [2.05, 4.69) is 21.9 Å². The first kappa shape index (κ1) is 14.9. The molecule has 3 aromatic rings. The summed E-state index contributed by atoms with van der Waals surface area (Å²) in [4.78, 5) is 12.2. The average molecular weight is 324 g/mol. The van der Waals surface area contributed by atoms with Gasteiger partial charge in [0.2, 0.25) is 0 Å². The van der Waals surface area contributed by atoms with E-state index in [0.717, 1.165) is 5.56 Å². The smallest absolute Gasteiger partial charge is 0.193 e. The average Bonchev–Trinajstić information content (AvgIpc) is 3.15. The Morgan fingerprint density at radius 2 is 1.79 bits per heavy atom. The zero-order valence-electron chi connectivity index (χ0n) is 12.7. The zero-order chi connectivity index (χ0) is 16.4. The van der Waals surface area contributed by atoms with E-state index < -0.39 is 0 Å². The topological polar surface area (TPSA) is 87.6 Å². The quantitative estimate of drug-likeness (QED) is 0.578. The second-order valence-electron chi connectivity index (χ2n) is 5.42. The van der Waals surface area contributed by atoms with Crippen molar-refractivity contribution in [3.8, 4) is 5.75 Å². The van der Waals surface area contributed by atoms with Gasteiger partial charge >= 0.3 is 0 Å². The molecule has 4 N–H and O–H groups in total. The van der Waals surface area contributed by atoms with Crippen LogP contribution >= 0.6 is 0 Å². The van der Waals surface area contributed by atoms with Crippen LogP contribution in [0.4, 0.5) is 0 Å². The van der Waals surface area contributed by atoms with Gasteiger partial charge in [0, 0.05) is 12.1 Å². The molecule has 24 heavy (non-hydrogen) atoms. The van der Waals surface area contributed by atoms with Gasteiger partial charge in [-0.2, -0.15) is 11.1 Å². The minimum atomic E-state index is -0.337. The number of hydrogen-bond acceptors (Lipinski definition) is 7. The predicted molar refractivity (Wildman–Crippen MR) is 88.5 cm³/mol. The second-order valence-corrected chi connectivity index (χ2v) is 5.42. The lowest BCUT2D eigenvalue weighted by Crippen LogP contribution is -2.33. The van der Waals surface area contributed by atoms with Gasteiger partial charge in [-0.1, -0.05) is 30.3 Å². The minimum Gasteiger partial charge on any atom is -0.489 e. The molecule has 1 fully saturated rings. The van der Waals surface area contributed by atoms with Gasteiger partial charge in [-0.05, 0) is 17.7 Å². The van der Waals surface area contributed by atoms with Crippen LogP contribution < -0.4 is 32.1 Å². The highest BCUT2D eigenvalue weighted by Crippen LogP contribution is 2.22. The Labute approximate surface area is 137 Å². The SMILES string of the molecule is O=c1cc(C2NNNN2)oc2cc(OCc3ccccc3)ccc12. The third-order valence-corrected chi connectivity index (χ3v) is 3.75. The fourth-order valence-corrected chi connectivity index (χ4v) is 2.52. The summed E-state index contributed by atoms with van der Waals surface area (Å²) in [6.07, 6.45) is -0.337. The van der Waals surface area contributed by atoms with Crippen molar-refractivity contribution in [2.45, 2.75) is 12.8 Å². The summed E-state index contributed by atoms with van der Waals surface area (Å²) >= 11 is 0. The normalized spacial score (nSPS) is 15.0. The van der Waals surface area contributed by atoms with Crippen LogP contribution in [0.15, 0.2) is 63.8 Å². The van der Waals surface area contributed by atoms with E-state index in [1.807, 2.05) is 30.3 Å².